The highest BCUT2D eigenvalue weighted by Gasteiger charge is 2.15. The van der Waals surface area contributed by atoms with Crippen LogP contribution in [-0.2, 0) is 0 Å². The molecule has 1 rings (SSSR count). The highest BCUT2D eigenvalue weighted by molar-refractivity contribution is 6.67. The normalized spacial score (nSPS) is 9.85. The van der Waals surface area contributed by atoms with Crippen LogP contribution in [0.1, 0.15) is 10.4 Å². The van der Waals surface area contributed by atoms with Crippen LogP contribution in [0.25, 0.3) is 0 Å². The molecule has 0 atom stereocenters. The highest BCUT2D eigenvalue weighted by atomic mass is 35.5. The van der Waals surface area contributed by atoms with Crippen molar-refractivity contribution in [2.75, 3.05) is 7.11 Å². The molecule has 0 spiro atoms. The second-order valence-electron chi connectivity index (χ2n) is 2.24. The van der Waals surface area contributed by atoms with Crippen molar-refractivity contribution < 1.29 is 13.9 Å². The first-order valence-corrected chi connectivity index (χ1v) is 4.04. The Morgan fingerprint density at radius 3 is 2.62 bits per heavy atom. The summed E-state index contributed by atoms with van der Waals surface area (Å²) in [6.07, 6.45) is 0. The Kier molecular flexibility index (Phi) is 3.12. The summed E-state index contributed by atoms with van der Waals surface area (Å²) in [7, 11) is 1.28. The Morgan fingerprint density at radius 1 is 1.54 bits per heavy atom. The maximum atomic E-state index is 13.2. The van der Waals surface area contributed by atoms with Crippen molar-refractivity contribution in [1.29, 1.82) is 0 Å². The lowest BCUT2D eigenvalue weighted by molar-refractivity contribution is 0.107. The summed E-state index contributed by atoms with van der Waals surface area (Å²) in [4.78, 5) is 10.7. The van der Waals surface area contributed by atoms with Gasteiger partial charge in [0.15, 0.2) is 11.6 Å². The molecule has 70 valence electrons. The van der Waals surface area contributed by atoms with Gasteiger partial charge in [0.05, 0.1) is 12.7 Å². The summed E-state index contributed by atoms with van der Waals surface area (Å²) < 4.78 is 17.9. The van der Waals surface area contributed by atoms with Gasteiger partial charge in [-0.05, 0) is 17.7 Å². The van der Waals surface area contributed by atoms with Crippen LogP contribution in [-0.4, -0.2) is 12.4 Å². The predicted octanol–water partition coefficient (Wildman–Crippen LogP) is 2.87. The molecule has 0 fully saturated rings. The van der Waals surface area contributed by atoms with E-state index in [1.807, 2.05) is 0 Å². The lowest BCUT2D eigenvalue weighted by Gasteiger charge is -2.04. The standard InChI is InChI=1S/C8H5Cl2FO2/c1-13-6-3-4(9)2-5(7(6)11)8(10)12/h2-3H,1H3. The van der Waals surface area contributed by atoms with E-state index in [2.05, 4.69) is 4.74 Å². The Balaban J connectivity index is 3.35. The van der Waals surface area contributed by atoms with Gasteiger partial charge in [-0.2, -0.15) is 0 Å². The first-order valence-electron chi connectivity index (χ1n) is 3.29. The topological polar surface area (TPSA) is 26.3 Å². The Bertz CT molecular complexity index is 352. The fourth-order valence-electron chi connectivity index (χ4n) is 0.856. The van der Waals surface area contributed by atoms with Crippen molar-refractivity contribution in [3.63, 3.8) is 0 Å². The molecule has 0 amide bonds. The van der Waals surface area contributed by atoms with Crippen LogP contribution in [0.3, 0.4) is 0 Å². The fourth-order valence-corrected chi connectivity index (χ4v) is 1.20. The number of hydrogen-bond acceptors (Lipinski definition) is 2. The van der Waals surface area contributed by atoms with Crippen LogP contribution in [0, 0.1) is 5.82 Å². The molecule has 0 radical (unpaired) electrons. The number of methoxy groups -OCH3 is 1. The zero-order valence-electron chi connectivity index (χ0n) is 6.61. The van der Waals surface area contributed by atoms with E-state index in [0.29, 0.717) is 0 Å². The molecule has 1 aromatic rings. The van der Waals surface area contributed by atoms with Crippen molar-refractivity contribution in [2.45, 2.75) is 0 Å². The fraction of sp³-hybridized carbons (Fsp3) is 0.125. The van der Waals surface area contributed by atoms with Gasteiger partial charge in [-0.3, -0.25) is 4.79 Å². The highest BCUT2D eigenvalue weighted by Crippen LogP contribution is 2.26. The number of carbonyl (C=O) groups excluding carboxylic acids is 1. The quantitative estimate of drug-likeness (QED) is 0.720. The van der Waals surface area contributed by atoms with Gasteiger partial charge in [-0.15, -0.1) is 0 Å². The third-order valence-electron chi connectivity index (χ3n) is 1.44. The molecule has 0 unspecified atom stereocenters. The summed E-state index contributed by atoms with van der Waals surface area (Å²) in [5.41, 5.74) is -0.286. The second-order valence-corrected chi connectivity index (χ2v) is 3.02. The third kappa shape index (κ3) is 2.11. The van der Waals surface area contributed by atoms with E-state index in [1.54, 1.807) is 0 Å². The molecule has 0 bridgehead atoms. The zero-order valence-corrected chi connectivity index (χ0v) is 8.12. The molecule has 0 aliphatic heterocycles. The Morgan fingerprint density at radius 2 is 2.15 bits per heavy atom. The molecule has 13 heavy (non-hydrogen) atoms. The minimum atomic E-state index is -0.904. The van der Waals surface area contributed by atoms with Gasteiger partial charge in [0.1, 0.15) is 0 Å². The van der Waals surface area contributed by atoms with E-state index in [1.165, 1.54) is 13.2 Å². The predicted molar refractivity (Wildman–Crippen MR) is 48.1 cm³/mol. The van der Waals surface area contributed by atoms with E-state index in [9.17, 15) is 9.18 Å². The summed E-state index contributed by atoms with van der Waals surface area (Å²) in [5.74, 6) is -0.900. The number of rotatable bonds is 2. The molecule has 0 heterocycles. The van der Waals surface area contributed by atoms with Crippen molar-refractivity contribution in [2.24, 2.45) is 0 Å². The Hall–Kier alpha value is -0.800. The molecule has 0 aliphatic carbocycles. The summed E-state index contributed by atoms with van der Waals surface area (Å²) in [6, 6.07) is 2.41. The molecule has 1 aromatic carbocycles. The minimum Gasteiger partial charge on any atom is -0.494 e. The maximum Gasteiger partial charge on any atom is 0.255 e. The summed E-state index contributed by atoms with van der Waals surface area (Å²) >= 11 is 10.7. The SMILES string of the molecule is COc1cc(Cl)cc(C(=O)Cl)c1F. The van der Waals surface area contributed by atoms with Gasteiger partial charge >= 0.3 is 0 Å². The number of ether oxygens (including phenoxy) is 1. The van der Waals surface area contributed by atoms with Gasteiger partial charge in [-0.1, -0.05) is 11.6 Å². The molecule has 0 saturated heterocycles. The van der Waals surface area contributed by atoms with E-state index in [4.69, 9.17) is 23.2 Å². The molecule has 0 aromatic heterocycles. The lowest BCUT2D eigenvalue weighted by atomic mass is 10.2. The number of benzene rings is 1. The molecular formula is C8H5Cl2FO2. The number of carbonyl (C=O) groups is 1. The van der Waals surface area contributed by atoms with Gasteiger partial charge in [-0.25, -0.2) is 4.39 Å². The zero-order chi connectivity index (χ0) is 10.0. The van der Waals surface area contributed by atoms with Crippen LogP contribution in [0.5, 0.6) is 5.75 Å². The number of halogens is 3. The average Bonchev–Trinajstić information content (AvgIpc) is 2.08. The van der Waals surface area contributed by atoms with E-state index >= 15 is 0 Å². The summed E-state index contributed by atoms with van der Waals surface area (Å²) in [6.45, 7) is 0. The minimum absolute atomic E-state index is 0.100. The van der Waals surface area contributed by atoms with Crippen LogP contribution in [0.4, 0.5) is 4.39 Å². The van der Waals surface area contributed by atoms with Crippen molar-refractivity contribution in [3.8, 4) is 5.75 Å². The van der Waals surface area contributed by atoms with Crippen LogP contribution < -0.4 is 4.74 Å². The van der Waals surface area contributed by atoms with Gasteiger partial charge in [0.25, 0.3) is 5.24 Å². The Labute approximate surface area is 84.2 Å². The van der Waals surface area contributed by atoms with Crippen molar-refractivity contribution in [1.82, 2.24) is 0 Å². The molecule has 5 heteroatoms. The number of hydrogen-bond donors (Lipinski definition) is 0. The average molecular weight is 223 g/mol. The second kappa shape index (κ2) is 3.94. The van der Waals surface area contributed by atoms with E-state index in [-0.39, 0.29) is 16.3 Å². The molecular weight excluding hydrogens is 218 g/mol. The van der Waals surface area contributed by atoms with Gasteiger partial charge in [0, 0.05) is 11.1 Å². The van der Waals surface area contributed by atoms with Crippen LogP contribution in [0.15, 0.2) is 12.1 Å². The first kappa shape index (κ1) is 10.3. The van der Waals surface area contributed by atoms with Crippen molar-refractivity contribution in [3.05, 3.63) is 28.5 Å². The van der Waals surface area contributed by atoms with Crippen LogP contribution >= 0.6 is 23.2 Å². The monoisotopic (exact) mass is 222 g/mol. The molecule has 0 aliphatic rings. The largest absolute Gasteiger partial charge is 0.494 e. The van der Waals surface area contributed by atoms with E-state index < -0.39 is 11.1 Å². The third-order valence-corrected chi connectivity index (χ3v) is 1.86. The smallest absolute Gasteiger partial charge is 0.255 e. The molecule has 2 nitrogen and oxygen atoms in total. The van der Waals surface area contributed by atoms with Gasteiger partial charge in [0.2, 0.25) is 0 Å². The van der Waals surface area contributed by atoms with Crippen molar-refractivity contribution >= 4 is 28.4 Å². The lowest BCUT2D eigenvalue weighted by Crippen LogP contribution is -1.98. The van der Waals surface area contributed by atoms with E-state index in [0.717, 1.165) is 6.07 Å². The molecule has 0 N–H and O–H groups in total. The molecule has 0 saturated carbocycles. The summed E-state index contributed by atoms with van der Waals surface area (Å²) in [5, 5.41) is -0.708. The first-order chi connectivity index (χ1) is 6.06. The van der Waals surface area contributed by atoms with Crippen LogP contribution in [0.2, 0.25) is 5.02 Å². The maximum absolute atomic E-state index is 13.2. The van der Waals surface area contributed by atoms with Gasteiger partial charge < -0.3 is 4.74 Å².